The topological polar surface area (TPSA) is 41.6 Å². The van der Waals surface area contributed by atoms with Gasteiger partial charge in [-0.3, -0.25) is 0 Å². The molecule has 1 atom stereocenters. The summed E-state index contributed by atoms with van der Waals surface area (Å²) in [6, 6.07) is 20.9. The Morgan fingerprint density at radius 1 is 1.12 bits per heavy atom. The number of aryl methyl sites for hydroxylation is 1. The molecule has 4 heteroatoms. The molecule has 0 saturated heterocycles. The van der Waals surface area contributed by atoms with Crippen molar-refractivity contribution in [3.05, 3.63) is 71.9 Å². The summed E-state index contributed by atoms with van der Waals surface area (Å²) in [4.78, 5) is 4.51. The highest BCUT2D eigenvalue weighted by Crippen LogP contribution is 2.28. The SMILES string of the molecule is Cc1ccc(C[C@H](C#N)Sc2ncc(-c3ccccc3)n2C)cc1. The van der Waals surface area contributed by atoms with Crippen LogP contribution in [-0.2, 0) is 13.5 Å². The fraction of sp³-hybridized carbons (Fsp3) is 0.200. The standard InChI is InChI=1S/C20H19N3S/c1-15-8-10-16(11-9-15)12-18(13-21)24-20-22-14-19(23(20)2)17-6-4-3-5-7-17/h3-11,14,18H,12H2,1-2H3/t18-/m1/s1. The van der Waals surface area contributed by atoms with Crippen molar-refractivity contribution < 1.29 is 0 Å². The van der Waals surface area contributed by atoms with Gasteiger partial charge < -0.3 is 4.57 Å². The van der Waals surface area contributed by atoms with Gasteiger partial charge in [0, 0.05) is 7.05 Å². The summed E-state index contributed by atoms with van der Waals surface area (Å²) in [5, 5.41) is 10.2. The lowest BCUT2D eigenvalue weighted by Gasteiger charge is -2.10. The molecule has 0 bridgehead atoms. The van der Waals surface area contributed by atoms with Gasteiger partial charge in [0.05, 0.1) is 18.0 Å². The minimum atomic E-state index is -0.155. The molecule has 3 aromatic rings. The average molecular weight is 333 g/mol. The zero-order chi connectivity index (χ0) is 16.9. The Morgan fingerprint density at radius 3 is 2.50 bits per heavy atom. The number of rotatable bonds is 5. The van der Waals surface area contributed by atoms with E-state index in [9.17, 15) is 5.26 Å². The van der Waals surface area contributed by atoms with E-state index in [1.807, 2.05) is 31.4 Å². The number of thioether (sulfide) groups is 1. The second-order valence-corrected chi connectivity index (χ2v) is 6.95. The number of hydrogen-bond acceptors (Lipinski definition) is 3. The largest absolute Gasteiger partial charge is 0.322 e. The van der Waals surface area contributed by atoms with E-state index < -0.39 is 0 Å². The van der Waals surface area contributed by atoms with E-state index in [2.05, 4.69) is 58.9 Å². The lowest BCUT2D eigenvalue weighted by molar-refractivity contribution is 0.793. The smallest absolute Gasteiger partial charge is 0.169 e. The molecule has 0 amide bonds. The molecule has 1 aromatic heterocycles. The number of aromatic nitrogens is 2. The van der Waals surface area contributed by atoms with Crippen molar-refractivity contribution in [3.63, 3.8) is 0 Å². The molecule has 0 fully saturated rings. The highest BCUT2D eigenvalue weighted by molar-refractivity contribution is 8.00. The van der Waals surface area contributed by atoms with E-state index in [0.29, 0.717) is 0 Å². The molecule has 1 heterocycles. The summed E-state index contributed by atoms with van der Waals surface area (Å²) in [6.45, 7) is 2.07. The van der Waals surface area contributed by atoms with Gasteiger partial charge in [-0.1, -0.05) is 71.9 Å². The molecular formula is C20H19N3S. The van der Waals surface area contributed by atoms with Crippen LogP contribution in [0.1, 0.15) is 11.1 Å². The third kappa shape index (κ3) is 3.69. The molecule has 0 saturated carbocycles. The molecule has 2 aromatic carbocycles. The summed E-state index contributed by atoms with van der Waals surface area (Å²) in [6.07, 6.45) is 2.59. The van der Waals surface area contributed by atoms with Gasteiger partial charge in [0.1, 0.15) is 5.25 Å². The van der Waals surface area contributed by atoms with Crippen LogP contribution in [0.25, 0.3) is 11.3 Å². The lowest BCUT2D eigenvalue weighted by Crippen LogP contribution is -2.06. The first-order chi connectivity index (χ1) is 11.7. The maximum atomic E-state index is 9.51. The van der Waals surface area contributed by atoms with Gasteiger partial charge in [-0.05, 0) is 24.5 Å². The quantitative estimate of drug-likeness (QED) is 0.640. The van der Waals surface area contributed by atoms with Gasteiger partial charge >= 0.3 is 0 Å². The van der Waals surface area contributed by atoms with Gasteiger partial charge in [-0.15, -0.1) is 0 Å². The summed E-state index contributed by atoms with van der Waals surface area (Å²) in [5.41, 5.74) is 4.60. The first kappa shape index (κ1) is 16.4. The first-order valence-corrected chi connectivity index (χ1v) is 8.74. The van der Waals surface area contributed by atoms with E-state index in [1.54, 1.807) is 0 Å². The minimum Gasteiger partial charge on any atom is -0.322 e. The minimum absolute atomic E-state index is 0.155. The van der Waals surface area contributed by atoms with Crippen molar-refractivity contribution in [2.45, 2.75) is 23.8 Å². The van der Waals surface area contributed by atoms with E-state index in [1.165, 1.54) is 22.9 Å². The zero-order valence-electron chi connectivity index (χ0n) is 13.8. The summed E-state index contributed by atoms with van der Waals surface area (Å²) in [7, 11) is 2.00. The van der Waals surface area contributed by atoms with Crippen LogP contribution in [0.15, 0.2) is 66.0 Å². The number of nitriles is 1. The average Bonchev–Trinajstić information content (AvgIpc) is 2.97. The molecule has 0 aliphatic heterocycles. The maximum absolute atomic E-state index is 9.51. The molecule has 3 rings (SSSR count). The highest BCUT2D eigenvalue weighted by atomic mass is 32.2. The Bertz CT molecular complexity index is 845. The molecule has 0 aliphatic carbocycles. The van der Waals surface area contributed by atoms with E-state index in [-0.39, 0.29) is 5.25 Å². The molecule has 0 unspecified atom stereocenters. The third-order valence-electron chi connectivity index (χ3n) is 3.95. The number of hydrogen-bond donors (Lipinski definition) is 0. The fourth-order valence-corrected chi connectivity index (χ4v) is 3.51. The fourth-order valence-electron chi connectivity index (χ4n) is 2.56. The van der Waals surface area contributed by atoms with E-state index in [0.717, 1.165) is 22.8 Å². The van der Waals surface area contributed by atoms with E-state index in [4.69, 9.17) is 0 Å². The molecule has 0 spiro atoms. The first-order valence-electron chi connectivity index (χ1n) is 7.86. The Hall–Kier alpha value is -2.51. The van der Waals surface area contributed by atoms with Crippen LogP contribution in [0.5, 0.6) is 0 Å². The molecule has 0 aliphatic rings. The normalized spacial score (nSPS) is 11.9. The van der Waals surface area contributed by atoms with Crippen LogP contribution >= 0.6 is 11.8 Å². The van der Waals surface area contributed by atoms with Gasteiger partial charge in [-0.2, -0.15) is 5.26 Å². The predicted octanol–water partition coefficient (Wildman–Crippen LogP) is 4.62. The van der Waals surface area contributed by atoms with Crippen molar-refractivity contribution in [3.8, 4) is 17.3 Å². The van der Waals surface area contributed by atoms with Gasteiger partial charge in [0.15, 0.2) is 5.16 Å². The van der Waals surface area contributed by atoms with Crippen molar-refractivity contribution in [2.24, 2.45) is 7.05 Å². The molecule has 0 N–H and O–H groups in total. The predicted molar refractivity (Wildman–Crippen MR) is 98.8 cm³/mol. The van der Waals surface area contributed by atoms with Crippen LogP contribution in [0.4, 0.5) is 0 Å². The maximum Gasteiger partial charge on any atom is 0.169 e. The van der Waals surface area contributed by atoms with Crippen LogP contribution in [-0.4, -0.2) is 14.8 Å². The molecule has 120 valence electrons. The Kier molecular flexibility index (Phi) is 5.02. The van der Waals surface area contributed by atoms with Crippen molar-refractivity contribution in [1.29, 1.82) is 5.26 Å². The van der Waals surface area contributed by atoms with Crippen LogP contribution < -0.4 is 0 Å². The second-order valence-electron chi connectivity index (χ2n) is 5.78. The van der Waals surface area contributed by atoms with Crippen LogP contribution in [0.2, 0.25) is 0 Å². The molecule has 24 heavy (non-hydrogen) atoms. The molecule has 0 radical (unpaired) electrons. The van der Waals surface area contributed by atoms with Gasteiger partial charge in [-0.25, -0.2) is 4.98 Å². The summed E-state index contributed by atoms with van der Waals surface area (Å²) < 4.78 is 2.06. The monoisotopic (exact) mass is 333 g/mol. The third-order valence-corrected chi connectivity index (χ3v) is 5.10. The number of nitrogens with zero attached hydrogens (tertiary/aromatic N) is 3. The highest BCUT2D eigenvalue weighted by Gasteiger charge is 2.16. The second kappa shape index (κ2) is 7.37. The van der Waals surface area contributed by atoms with Crippen molar-refractivity contribution in [1.82, 2.24) is 9.55 Å². The number of imidazole rings is 1. The molecular weight excluding hydrogens is 314 g/mol. The van der Waals surface area contributed by atoms with Crippen LogP contribution in [0, 0.1) is 18.3 Å². The summed E-state index contributed by atoms with van der Waals surface area (Å²) >= 11 is 1.52. The van der Waals surface area contributed by atoms with Gasteiger partial charge in [0.25, 0.3) is 0 Å². The van der Waals surface area contributed by atoms with Gasteiger partial charge in [0.2, 0.25) is 0 Å². The van der Waals surface area contributed by atoms with Crippen molar-refractivity contribution in [2.75, 3.05) is 0 Å². The Balaban J connectivity index is 1.76. The van der Waals surface area contributed by atoms with Crippen LogP contribution in [0.3, 0.4) is 0 Å². The lowest BCUT2D eigenvalue weighted by atomic mass is 10.1. The van der Waals surface area contributed by atoms with E-state index >= 15 is 0 Å². The Morgan fingerprint density at radius 2 is 1.83 bits per heavy atom. The molecule has 3 nitrogen and oxygen atoms in total. The summed E-state index contributed by atoms with van der Waals surface area (Å²) in [5.74, 6) is 0. The van der Waals surface area contributed by atoms with Crippen molar-refractivity contribution >= 4 is 11.8 Å². The Labute approximate surface area is 147 Å². The number of benzene rings is 2. The zero-order valence-corrected chi connectivity index (χ0v) is 14.6.